The number of halogens is 1. The lowest BCUT2D eigenvalue weighted by Crippen LogP contribution is -2.31. The average Bonchev–Trinajstić information content (AvgIpc) is 2.91. The maximum Gasteiger partial charge on any atom is 0.345 e. The van der Waals surface area contributed by atoms with Crippen molar-refractivity contribution in [2.75, 3.05) is 6.54 Å². The summed E-state index contributed by atoms with van der Waals surface area (Å²) in [7, 11) is 1.68. The van der Waals surface area contributed by atoms with Gasteiger partial charge < -0.3 is 5.32 Å². The number of nitrogens with one attached hydrogen (secondary N) is 1. The largest absolute Gasteiger partial charge is 0.350 e. The Bertz CT molecular complexity index is 947. The molecule has 25 heavy (non-hydrogen) atoms. The zero-order valence-corrected chi connectivity index (χ0v) is 14.4. The smallest absolute Gasteiger partial charge is 0.345 e. The summed E-state index contributed by atoms with van der Waals surface area (Å²) < 4.78 is 2.83. The van der Waals surface area contributed by atoms with Gasteiger partial charge in [0, 0.05) is 19.2 Å². The molecule has 0 saturated heterocycles. The monoisotopic (exact) mass is 356 g/mol. The van der Waals surface area contributed by atoms with E-state index in [1.165, 1.54) is 9.25 Å². The van der Waals surface area contributed by atoms with E-state index in [0.29, 0.717) is 16.4 Å². The lowest BCUT2D eigenvalue weighted by molar-refractivity contribution is 0.0952. The van der Waals surface area contributed by atoms with Crippen LogP contribution in [0, 0.1) is 0 Å². The zero-order valence-electron chi connectivity index (χ0n) is 13.6. The predicted octanol–water partition coefficient (Wildman–Crippen LogP) is 2.33. The molecule has 0 aliphatic rings. The molecule has 1 amide bonds. The normalized spacial score (nSPS) is 10.6. The third-order valence-electron chi connectivity index (χ3n) is 3.80. The van der Waals surface area contributed by atoms with E-state index in [0.717, 1.165) is 5.56 Å². The van der Waals surface area contributed by atoms with Crippen molar-refractivity contribution in [2.24, 2.45) is 7.05 Å². The lowest BCUT2D eigenvalue weighted by atomic mass is 10.2. The summed E-state index contributed by atoms with van der Waals surface area (Å²) in [5.41, 5.74) is 1.04. The van der Waals surface area contributed by atoms with Crippen molar-refractivity contribution in [3.8, 4) is 11.4 Å². The Balaban J connectivity index is 1.69. The number of amides is 1. The maximum absolute atomic E-state index is 12.3. The fourth-order valence-electron chi connectivity index (χ4n) is 2.49. The number of hydrogen-bond acceptors (Lipinski definition) is 3. The van der Waals surface area contributed by atoms with E-state index in [9.17, 15) is 9.59 Å². The molecular formula is C18H17ClN4O2. The molecule has 0 unspecified atom stereocenters. The number of carbonyl (C=O) groups is 1. The van der Waals surface area contributed by atoms with E-state index in [-0.39, 0.29) is 24.7 Å². The fraction of sp³-hybridized carbons (Fsp3) is 0.167. The van der Waals surface area contributed by atoms with Crippen LogP contribution in [0.4, 0.5) is 0 Å². The minimum atomic E-state index is -0.280. The van der Waals surface area contributed by atoms with Crippen LogP contribution < -0.4 is 11.0 Å². The third kappa shape index (κ3) is 3.64. The Kier molecular flexibility index (Phi) is 5.00. The van der Waals surface area contributed by atoms with Crippen LogP contribution in [0.25, 0.3) is 11.4 Å². The molecule has 2 aromatic carbocycles. The topological polar surface area (TPSA) is 68.9 Å². The Labute approximate surface area is 149 Å². The van der Waals surface area contributed by atoms with Crippen LogP contribution in [0.5, 0.6) is 0 Å². The fourth-order valence-corrected chi connectivity index (χ4v) is 2.71. The molecule has 3 rings (SSSR count). The van der Waals surface area contributed by atoms with Gasteiger partial charge in [0.2, 0.25) is 0 Å². The van der Waals surface area contributed by atoms with Crippen LogP contribution in [0.2, 0.25) is 5.02 Å². The summed E-state index contributed by atoms with van der Waals surface area (Å²) >= 11 is 6.00. The second-order valence-electron chi connectivity index (χ2n) is 5.49. The minimum absolute atomic E-state index is 0.231. The lowest BCUT2D eigenvalue weighted by Gasteiger charge is -2.06. The molecule has 6 nitrogen and oxygen atoms in total. The summed E-state index contributed by atoms with van der Waals surface area (Å²) in [6.45, 7) is 0.547. The molecule has 0 fully saturated rings. The first kappa shape index (κ1) is 17.0. The first-order valence-corrected chi connectivity index (χ1v) is 8.17. The van der Waals surface area contributed by atoms with Gasteiger partial charge in [0.05, 0.1) is 17.1 Å². The van der Waals surface area contributed by atoms with Crippen LogP contribution >= 0.6 is 11.6 Å². The van der Waals surface area contributed by atoms with Crippen LogP contribution in [-0.4, -0.2) is 26.8 Å². The zero-order chi connectivity index (χ0) is 17.8. The van der Waals surface area contributed by atoms with Gasteiger partial charge in [0.25, 0.3) is 5.91 Å². The van der Waals surface area contributed by atoms with E-state index in [2.05, 4.69) is 10.4 Å². The van der Waals surface area contributed by atoms with Gasteiger partial charge in [-0.05, 0) is 12.1 Å². The minimum Gasteiger partial charge on any atom is -0.350 e. The standard InChI is InChI=1S/C18H17ClN4O2/c1-22-16(13-7-3-2-4-8-13)21-23(18(22)25)12-11-20-17(24)14-9-5-6-10-15(14)19/h2-10H,11-12H2,1H3,(H,20,24). The molecule has 1 N–H and O–H groups in total. The van der Waals surface area contributed by atoms with Crippen molar-refractivity contribution in [1.82, 2.24) is 19.7 Å². The van der Waals surface area contributed by atoms with Crippen LogP contribution in [0.15, 0.2) is 59.4 Å². The van der Waals surface area contributed by atoms with Gasteiger partial charge in [0.1, 0.15) is 0 Å². The summed E-state index contributed by atoms with van der Waals surface area (Å²) in [5.74, 6) is 0.306. The molecule has 0 radical (unpaired) electrons. The average molecular weight is 357 g/mol. The summed E-state index contributed by atoms with van der Waals surface area (Å²) in [4.78, 5) is 24.4. The highest BCUT2D eigenvalue weighted by Crippen LogP contribution is 2.15. The number of carbonyl (C=O) groups excluding carboxylic acids is 1. The van der Waals surface area contributed by atoms with E-state index < -0.39 is 0 Å². The number of benzene rings is 2. The highest BCUT2D eigenvalue weighted by molar-refractivity contribution is 6.33. The summed E-state index contributed by atoms with van der Waals surface area (Å²) in [6, 6.07) is 16.3. The van der Waals surface area contributed by atoms with Gasteiger partial charge >= 0.3 is 5.69 Å². The highest BCUT2D eigenvalue weighted by atomic mass is 35.5. The van der Waals surface area contributed by atoms with E-state index in [1.807, 2.05) is 30.3 Å². The molecule has 128 valence electrons. The quantitative estimate of drug-likeness (QED) is 0.762. The molecule has 1 aromatic heterocycles. The Morgan fingerprint density at radius 2 is 1.80 bits per heavy atom. The molecule has 0 spiro atoms. The first-order chi connectivity index (χ1) is 12.1. The number of nitrogens with zero attached hydrogens (tertiary/aromatic N) is 3. The molecule has 0 aliphatic heterocycles. The Morgan fingerprint density at radius 3 is 2.52 bits per heavy atom. The maximum atomic E-state index is 12.3. The van der Waals surface area contributed by atoms with Crippen LogP contribution in [0.1, 0.15) is 10.4 Å². The molecule has 0 atom stereocenters. The van der Waals surface area contributed by atoms with E-state index in [4.69, 9.17) is 11.6 Å². The molecule has 7 heteroatoms. The predicted molar refractivity (Wildman–Crippen MR) is 96.7 cm³/mol. The highest BCUT2D eigenvalue weighted by Gasteiger charge is 2.13. The molecule has 0 bridgehead atoms. The van der Waals surface area contributed by atoms with Gasteiger partial charge in [-0.1, -0.05) is 54.1 Å². The van der Waals surface area contributed by atoms with Gasteiger partial charge in [0.15, 0.2) is 5.82 Å². The van der Waals surface area contributed by atoms with Crippen molar-refractivity contribution in [2.45, 2.75) is 6.54 Å². The Morgan fingerprint density at radius 1 is 1.12 bits per heavy atom. The second-order valence-corrected chi connectivity index (χ2v) is 5.90. The SMILES string of the molecule is Cn1c(-c2ccccc2)nn(CCNC(=O)c2ccccc2Cl)c1=O. The van der Waals surface area contributed by atoms with Crippen molar-refractivity contribution in [3.05, 3.63) is 75.7 Å². The summed E-state index contributed by atoms with van der Waals surface area (Å²) in [5, 5.41) is 7.50. The molecule has 1 heterocycles. The van der Waals surface area contributed by atoms with Crippen molar-refractivity contribution < 1.29 is 4.79 Å². The van der Waals surface area contributed by atoms with Crippen LogP contribution in [0.3, 0.4) is 0 Å². The van der Waals surface area contributed by atoms with Crippen molar-refractivity contribution >= 4 is 17.5 Å². The number of aromatic nitrogens is 3. The first-order valence-electron chi connectivity index (χ1n) is 7.80. The molecule has 3 aromatic rings. The van der Waals surface area contributed by atoms with E-state index >= 15 is 0 Å². The van der Waals surface area contributed by atoms with Gasteiger partial charge in [-0.15, -0.1) is 5.10 Å². The second kappa shape index (κ2) is 7.36. The number of rotatable bonds is 5. The number of hydrogen-bond donors (Lipinski definition) is 1. The van der Waals surface area contributed by atoms with Crippen molar-refractivity contribution in [1.29, 1.82) is 0 Å². The third-order valence-corrected chi connectivity index (χ3v) is 4.13. The summed E-state index contributed by atoms with van der Waals surface area (Å²) in [6.07, 6.45) is 0. The Hall–Kier alpha value is -2.86. The molecular weight excluding hydrogens is 340 g/mol. The van der Waals surface area contributed by atoms with Crippen LogP contribution in [-0.2, 0) is 13.6 Å². The molecule has 0 aliphatic carbocycles. The van der Waals surface area contributed by atoms with Gasteiger partial charge in [-0.25, -0.2) is 9.48 Å². The van der Waals surface area contributed by atoms with Crippen molar-refractivity contribution in [3.63, 3.8) is 0 Å². The van der Waals surface area contributed by atoms with Gasteiger partial charge in [-0.3, -0.25) is 9.36 Å². The van der Waals surface area contributed by atoms with E-state index in [1.54, 1.807) is 31.3 Å². The van der Waals surface area contributed by atoms with Gasteiger partial charge in [-0.2, -0.15) is 0 Å². The molecule has 0 saturated carbocycles.